The summed E-state index contributed by atoms with van der Waals surface area (Å²) in [5, 5.41) is 8.44. The van der Waals surface area contributed by atoms with Crippen LogP contribution in [0.4, 0.5) is 21.9 Å². The van der Waals surface area contributed by atoms with Crippen molar-refractivity contribution in [3.05, 3.63) is 48.0 Å². The van der Waals surface area contributed by atoms with Crippen LogP contribution in [-0.2, 0) is 0 Å². The second-order valence-corrected chi connectivity index (χ2v) is 7.04. The summed E-state index contributed by atoms with van der Waals surface area (Å²) in [5.74, 6) is 0.891. The number of benzene rings is 2. The summed E-state index contributed by atoms with van der Waals surface area (Å²) < 4.78 is 5.10. The maximum Gasteiger partial charge on any atom is 0.323 e. The number of hydrogen-bond acceptors (Lipinski definition) is 4. The van der Waals surface area contributed by atoms with Gasteiger partial charge in [-0.2, -0.15) is 0 Å². The van der Waals surface area contributed by atoms with Crippen LogP contribution < -0.4 is 25.6 Å². The lowest BCUT2D eigenvalue weighted by Crippen LogP contribution is -2.29. The number of ether oxygens (including phenoxy) is 1. The van der Waals surface area contributed by atoms with Crippen LogP contribution in [0.3, 0.4) is 0 Å². The fourth-order valence-corrected chi connectivity index (χ4v) is 2.55. The largest absolute Gasteiger partial charge is 0.497 e. The molecular weight excluding hydrogens is 356 g/mol. The third-order valence-electron chi connectivity index (χ3n) is 4.00. The van der Waals surface area contributed by atoms with Crippen LogP contribution in [0.5, 0.6) is 5.75 Å². The van der Waals surface area contributed by atoms with Gasteiger partial charge in [-0.05, 0) is 48.4 Å². The zero-order valence-corrected chi connectivity index (χ0v) is 17.0. The molecule has 0 unspecified atom stereocenters. The molecule has 0 saturated carbocycles. The van der Waals surface area contributed by atoms with E-state index in [2.05, 4.69) is 16.0 Å². The Morgan fingerprint density at radius 2 is 1.61 bits per heavy atom. The summed E-state index contributed by atoms with van der Waals surface area (Å²) in [6, 6.07) is 11.9. The first kappa shape index (κ1) is 21.1. The molecule has 28 heavy (non-hydrogen) atoms. The Kier molecular flexibility index (Phi) is 7.26. The van der Waals surface area contributed by atoms with Gasteiger partial charge in [-0.1, -0.05) is 13.8 Å². The molecule has 0 spiro atoms. The van der Waals surface area contributed by atoms with Gasteiger partial charge in [-0.3, -0.25) is 4.79 Å². The first-order valence-corrected chi connectivity index (χ1v) is 9.11. The predicted octanol–water partition coefficient (Wildman–Crippen LogP) is 3.79. The normalized spacial score (nSPS) is 10.4. The van der Waals surface area contributed by atoms with E-state index in [9.17, 15) is 9.59 Å². The SMILES string of the molecule is COc1ccc(NC(=O)Nc2ccc(N(C)C)c(C(=O)NCC(C)C)c2)cc1. The van der Waals surface area contributed by atoms with Gasteiger partial charge in [0, 0.05) is 37.7 Å². The number of nitrogens with one attached hydrogen (secondary N) is 3. The van der Waals surface area contributed by atoms with E-state index < -0.39 is 6.03 Å². The van der Waals surface area contributed by atoms with E-state index in [1.165, 1.54) is 0 Å². The van der Waals surface area contributed by atoms with Crippen molar-refractivity contribution < 1.29 is 14.3 Å². The third kappa shape index (κ3) is 5.90. The number of carbonyl (C=O) groups excluding carboxylic acids is 2. The molecule has 0 radical (unpaired) electrons. The highest BCUT2D eigenvalue weighted by Gasteiger charge is 2.15. The molecule has 2 rings (SSSR count). The maximum absolute atomic E-state index is 12.6. The Morgan fingerprint density at radius 1 is 1.00 bits per heavy atom. The van der Waals surface area contributed by atoms with Crippen molar-refractivity contribution in [3.63, 3.8) is 0 Å². The quantitative estimate of drug-likeness (QED) is 0.678. The van der Waals surface area contributed by atoms with Crippen LogP contribution in [0.2, 0.25) is 0 Å². The molecule has 0 bridgehead atoms. The molecule has 2 aromatic carbocycles. The van der Waals surface area contributed by atoms with Gasteiger partial charge < -0.3 is 25.6 Å². The number of amides is 3. The van der Waals surface area contributed by atoms with Crippen LogP contribution in [0.1, 0.15) is 24.2 Å². The molecule has 3 N–H and O–H groups in total. The fraction of sp³-hybridized carbons (Fsp3) is 0.333. The standard InChI is InChI=1S/C21H28N4O3/c1-14(2)13-22-20(26)18-12-16(8-11-19(18)25(3)4)24-21(27)23-15-6-9-17(28-5)10-7-15/h6-12,14H,13H2,1-5H3,(H,22,26)(H2,23,24,27). The zero-order valence-electron chi connectivity index (χ0n) is 17.0. The first-order chi connectivity index (χ1) is 13.3. The van der Waals surface area contributed by atoms with E-state index >= 15 is 0 Å². The summed E-state index contributed by atoms with van der Waals surface area (Å²) in [4.78, 5) is 26.7. The van der Waals surface area contributed by atoms with Crippen LogP contribution in [0.15, 0.2) is 42.5 Å². The summed E-state index contributed by atoms with van der Waals surface area (Å²) in [7, 11) is 5.33. The minimum Gasteiger partial charge on any atom is -0.497 e. The van der Waals surface area contributed by atoms with E-state index in [-0.39, 0.29) is 5.91 Å². The van der Waals surface area contributed by atoms with Crippen LogP contribution in [0, 0.1) is 5.92 Å². The number of hydrogen-bond donors (Lipinski definition) is 3. The van der Waals surface area contributed by atoms with Crippen molar-refractivity contribution >= 4 is 29.0 Å². The third-order valence-corrected chi connectivity index (χ3v) is 4.00. The van der Waals surface area contributed by atoms with Crippen molar-refractivity contribution in [3.8, 4) is 5.75 Å². The molecule has 0 aliphatic carbocycles. The highest BCUT2D eigenvalue weighted by Crippen LogP contribution is 2.23. The van der Waals surface area contributed by atoms with Crippen molar-refractivity contribution in [1.82, 2.24) is 5.32 Å². The van der Waals surface area contributed by atoms with Gasteiger partial charge in [-0.15, -0.1) is 0 Å². The lowest BCUT2D eigenvalue weighted by atomic mass is 10.1. The minimum absolute atomic E-state index is 0.170. The summed E-state index contributed by atoms with van der Waals surface area (Å²) in [6.07, 6.45) is 0. The summed E-state index contributed by atoms with van der Waals surface area (Å²) in [5.41, 5.74) is 2.46. The highest BCUT2D eigenvalue weighted by atomic mass is 16.5. The number of urea groups is 1. The zero-order chi connectivity index (χ0) is 20.7. The molecule has 0 heterocycles. The van der Waals surface area contributed by atoms with E-state index in [1.807, 2.05) is 38.9 Å². The Balaban J connectivity index is 2.12. The Hall–Kier alpha value is -3.22. The van der Waals surface area contributed by atoms with Crippen molar-refractivity contribution in [2.45, 2.75) is 13.8 Å². The Labute approximate surface area is 166 Å². The molecule has 0 aliphatic rings. The lowest BCUT2D eigenvalue weighted by Gasteiger charge is -2.19. The van der Waals surface area contributed by atoms with Crippen LogP contribution in [-0.4, -0.2) is 39.7 Å². The van der Waals surface area contributed by atoms with Gasteiger partial charge in [0.05, 0.1) is 12.7 Å². The molecule has 150 valence electrons. The van der Waals surface area contributed by atoms with E-state index in [0.717, 1.165) is 5.69 Å². The molecule has 0 saturated heterocycles. The fourth-order valence-electron chi connectivity index (χ4n) is 2.55. The maximum atomic E-state index is 12.6. The summed E-state index contributed by atoms with van der Waals surface area (Å²) in [6.45, 7) is 4.66. The van der Waals surface area contributed by atoms with Crippen molar-refractivity contribution in [1.29, 1.82) is 0 Å². The Bertz CT molecular complexity index is 817. The average Bonchev–Trinajstić information content (AvgIpc) is 2.66. The molecule has 0 aromatic heterocycles. The number of rotatable bonds is 7. The molecule has 7 nitrogen and oxygen atoms in total. The van der Waals surface area contributed by atoms with E-state index in [1.54, 1.807) is 43.5 Å². The first-order valence-electron chi connectivity index (χ1n) is 9.11. The number of nitrogens with zero attached hydrogens (tertiary/aromatic N) is 1. The van der Waals surface area contributed by atoms with E-state index in [4.69, 9.17) is 4.74 Å². The second-order valence-electron chi connectivity index (χ2n) is 7.04. The predicted molar refractivity (Wildman–Crippen MR) is 114 cm³/mol. The average molecular weight is 384 g/mol. The van der Waals surface area contributed by atoms with Crippen LogP contribution >= 0.6 is 0 Å². The molecule has 7 heteroatoms. The van der Waals surface area contributed by atoms with Crippen molar-refractivity contribution in [2.24, 2.45) is 5.92 Å². The van der Waals surface area contributed by atoms with E-state index in [0.29, 0.717) is 35.2 Å². The Morgan fingerprint density at radius 3 is 2.18 bits per heavy atom. The van der Waals surface area contributed by atoms with Gasteiger partial charge >= 0.3 is 6.03 Å². The van der Waals surface area contributed by atoms with Crippen LogP contribution in [0.25, 0.3) is 0 Å². The van der Waals surface area contributed by atoms with Crippen molar-refractivity contribution in [2.75, 3.05) is 43.3 Å². The number of methoxy groups -OCH3 is 1. The monoisotopic (exact) mass is 384 g/mol. The molecule has 3 amide bonds. The molecular formula is C21H28N4O3. The molecule has 0 aliphatic heterocycles. The van der Waals surface area contributed by atoms with Gasteiger partial charge in [0.25, 0.3) is 5.91 Å². The van der Waals surface area contributed by atoms with Gasteiger partial charge in [-0.25, -0.2) is 4.79 Å². The van der Waals surface area contributed by atoms with Gasteiger partial charge in [0.1, 0.15) is 5.75 Å². The van der Waals surface area contributed by atoms with Gasteiger partial charge in [0.15, 0.2) is 0 Å². The second kappa shape index (κ2) is 9.64. The molecule has 2 aromatic rings. The molecule has 0 atom stereocenters. The lowest BCUT2D eigenvalue weighted by molar-refractivity contribution is 0.0949. The molecule has 0 fully saturated rings. The minimum atomic E-state index is -0.392. The summed E-state index contributed by atoms with van der Waals surface area (Å²) >= 11 is 0. The number of anilines is 3. The number of carbonyl (C=O) groups is 2. The topological polar surface area (TPSA) is 82.7 Å². The smallest absolute Gasteiger partial charge is 0.323 e. The van der Waals surface area contributed by atoms with Gasteiger partial charge in [0.2, 0.25) is 0 Å². The highest BCUT2D eigenvalue weighted by molar-refractivity contribution is 6.03.